The minimum Gasteiger partial charge on any atom is -0.456 e. The summed E-state index contributed by atoms with van der Waals surface area (Å²) in [7, 11) is 0. The number of pyridine rings is 1. The van der Waals surface area contributed by atoms with E-state index in [0.29, 0.717) is 5.56 Å². The molecule has 0 bridgehead atoms. The zero-order valence-corrected chi connectivity index (χ0v) is 8.72. The normalized spacial score (nSPS) is 8.93. The molecule has 1 aromatic heterocycles. The minimum absolute atomic E-state index is 0.0330. The molecule has 1 aromatic rings. The zero-order chi connectivity index (χ0) is 11.3. The van der Waals surface area contributed by atoms with Gasteiger partial charge in [0.2, 0.25) is 0 Å². The second kappa shape index (κ2) is 5.23. The average molecular weight is 226 g/mol. The van der Waals surface area contributed by atoms with Crippen molar-refractivity contribution in [3.63, 3.8) is 0 Å². The van der Waals surface area contributed by atoms with E-state index in [2.05, 4.69) is 21.6 Å². The van der Waals surface area contributed by atoms with Gasteiger partial charge in [0.15, 0.2) is 0 Å². The van der Waals surface area contributed by atoms with E-state index in [1.165, 1.54) is 12.3 Å². The second-order valence-corrected chi connectivity index (χ2v) is 2.94. The lowest BCUT2D eigenvalue weighted by Crippen LogP contribution is -2.05. The quantitative estimate of drug-likeness (QED) is 0.572. The maximum atomic E-state index is 10.9. The lowest BCUT2D eigenvalue weighted by atomic mass is 10.3. The van der Waals surface area contributed by atoms with Crippen molar-refractivity contribution < 1.29 is 9.53 Å². The summed E-state index contributed by atoms with van der Waals surface area (Å²) in [5.41, 5.74) is 0.0611. The number of hydrogen-bond donors (Lipinski definition) is 1. The van der Waals surface area contributed by atoms with Gasteiger partial charge in [-0.1, -0.05) is 17.5 Å². The number of carbonyl (C=O) groups excluding carboxylic acids is 1. The van der Waals surface area contributed by atoms with Gasteiger partial charge in [-0.05, 0) is 13.0 Å². The molecule has 0 fully saturated rings. The van der Waals surface area contributed by atoms with Crippen LogP contribution in [0.25, 0.3) is 0 Å². The first kappa shape index (κ1) is 11.3. The van der Waals surface area contributed by atoms with Gasteiger partial charge in [0.05, 0.1) is 6.61 Å². The van der Waals surface area contributed by atoms with Crippen LogP contribution in [-0.2, 0) is 9.53 Å². The molecule has 0 aromatic carbocycles. The van der Waals surface area contributed by atoms with E-state index in [-0.39, 0.29) is 11.6 Å². The smallest absolute Gasteiger partial charge is 0.384 e. The maximum Gasteiger partial charge on any atom is 0.384 e. The van der Waals surface area contributed by atoms with Crippen molar-refractivity contribution in [3.05, 3.63) is 33.2 Å². The van der Waals surface area contributed by atoms with Crippen LogP contribution in [-0.4, -0.2) is 17.6 Å². The number of nitrogens with one attached hydrogen (secondary N) is 1. The minimum atomic E-state index is -0.611. The zero-order valence-electron chi connectivity index (χ0n) is 7.96. The van der Waals surface area contributed by atoms with Crippen molar-refractivity contribution >= 4 is 17.6 Å². The van der Waals surface area contributed by atoms with E-state index in [0.717, 1.165) is 0 Å². The summed E-state index contributed by atoms with van der Waals surface area (Å²) >= 11 is 5.56. The Morgan fingerprint density at radius 2 is 2.40 bits per heavy atom. The first-order valence-electron chi connectivity index (χ1n) is 4.20. The number of aromatic amines is 1. The van der Waals surface area contributed by atoms with Crippen molar-refractivity contribution in [2.24, 2.45) is 0 Å². The molecule has 0 aliphatic rings. The molecule has 4 nitrogen and oxygen atoms in total. The Balaban J connectivity index is 2.85. The maximum absolute atomic E-state index is 10.9. The van der Waals surface area contributed by atoms with E-state index in [4.69, 9.17) is 11.6 Å². The molecule has 0 unspecified atom stereocenters. The molecule has 0 aliphatic carbocycles. The van der Waals surface area contributed by atoms with Gasteiger partial charge in [0.25, 0.3) is 5.56 Å². The number of halogens is 1. The first-order valence-corrected chi connectivity index (χ1v) is 4.58. The molecule has 0 amide bonds. The van der Waals surface area contributed by atoms with Crippen molar-refractivity contribution in [2.75, 3.05) is 6.61 Å². The number of rotatable bonds is 1. The van der Waals surface area contributed by atoms with Crippen LogP contribution in [0.15, 0.2) is 17.1 Å². The molecule has 0 saturated carbocycles. The molecular formula is C10H8ClNO3. The van der Waals surface area contributed by atoms with E-state index >= 15 is 0 Å². The van der Waals surface area contributed by atoms with E-state index < -0.39 is 11.5 Å². The van der Waals surface area contributed by atoms with Gasteiger partial charge < -0.3 is 9.72 Å². The number of ether oxygens (including phenoxy) is 1. The highest BCUT2D eigenvalue weighted by atomic mass is 35.5. The highest BCUT2D eigenvalue weighted by Gasteiger charge is 1.97. The number of esters is 1. The highest BCUT2D eigenvalue weighted by Crippen LogP contribution is 2.01. The molecule has 0 atom stereocenters. The van der Waals surface area contributed by atoms with Gasteiger partial charge in [0, 0.05) is 17.7 Å². The largest absolute Gasteiger partial charge is 0.456 e. The van der Waals surface area contributed by atoms with Crippen molar-refractivity contribution in [1.82, 2.24) is 4.98 Å². The Morgan fingerprint density at radius 1 is 1.67 bits per heavy atom. The Hall–Kier alpha value is -1.73. The van der Waals surface area contributed by atoms with E-state index in [1.807, 2.05) is 0 Å². The number of aromatic nitrogens is 1. The molecule has 0 aliphatic heterocycles. The van der Waals surface area contributed by atoms with Gasteiger partial charge >= 0.3 is 5.97 Å². The van der Waals surface area contributed by atoms with Crippen LogP contribution in [0, 0.1) is 11.8 Å². The topological polar surface area (TPSA) is 59.2 Å². The highest BCUT2D eigenvalue weighted by molar-refractivity contribution is 6.30. The summed E-state index contributed by atoms with van der Waals surface area (Å²) in [5, 5.41) is 0.0330. The Morgan fingerprint density at radius 3 is 3.00 bits per heavy atom. The van der Waals surface area contributed by atoms with Crippen LogP contribution in [0.4, 0.5) is 0 Å². The van der Waals surface area contributed by atoms with Gasteiger partial charge in [-0.3, -0.25) is 4.79 Å². The summed E-state index contributed by atoms with van der Waals surface area (Å²) < 4.78 is 4.60. The van der Waals surface area contributed by atoms with Crippen LogP contribution in [0.3, 0.4) is 0 Å². The van der Waals surface area contributed by atoms with E-state index in [1.54, 1.807) is 6.92 Å². The molecule has 78 valence electrons. The lowest BCUT2D eigenvalue weighted by molar-refractivity contribution is -0.136. The van der Waals surface area contributed by atoms with Crippen LogP contribution in [0.5, 0.6) is 0 Å². The summed E-state index contributed by atoms with van der Waals surface area (Å²) in [5.74, 6) is 4.16. The third kappa shape index (κ3) is 3.49. The van der Waals surface area contributed by atoms with Crippen molar-refractivity contribution in [2.45, 2.75) is 6.92 Å². The number of H-pyrrole nitrogens is 1. The van der Waals surface area contributed by atoms with E-state index in [9.17, 15) is 9.59 Å². The van der Waals surface area contributed by atoms with Gasteiger partial charge in [-0.2, -0.15) is 0 Å². The molecule has 0 saturated heterocycles. The molecule has 1 N–H and O–H groups in total. The Kier molecular flexibility index (Phi) is 3.95. The molecule has 5 heteroatoms. The van der Waals surface area contributed by atoms with Crippen LogP contribution >= 0.6 is 11.6 Å². The predicted octanol–water partition coefficient (Wildman–Crippen LogP) is 0.943. The van der Waals surface area contributed by atoms with Crippen molar-refractivity contribution in [3.8, 4) is 11.8 Å². The lowest BCUT2D eigenvalue weighted by Gasteiger charge is -1.92. The molecular weight excluding hydrogens is 218 g/mol. The Labute approximate surface area is 91.2 Å². The second-order valence-electron chi connectivity index (χ2n) is 2.54. The predicted molar refractivity (Wildman–Crippen MR) is 55.6 cm³/mol. The van der Waals surface area contributed by atoms with Crippen LogP contribution in [0.2, 0.25) is 5.02 Å². The third-order valence-electron chi connectivity index (χ3n) is 1.44. The molecule has 1 heterocycles. The molecule has 0 spiro atoms. The van der Waals surface area contributed by atoms with Crippen molar-refractivity contribution in [1.29, 1.82) is 0 Å². The molecule has 1 rings (SSSR count). The fourth-order valence-corrected chi connectivity index (χ4v) is 0.991. The summed E-state index contributed by atoms with van der Waals surface area (Å²) in [6.07, 6.45) is 1.38. The summed E-state index contributed by atoms with van der Waals surface area (Å²) in [6, 6.07) is 1.38. The fraction of sp³-hybridized carbons (Fsp3) is 0.200. The standard InChI is InChI=1S/C10H8ClNO3/c1-2-15-9(13)4-3-7-5-8(11)10(14)12-6-7/h5-6H,2H2,1H3,(H,12,14). The van der Waals surface area contributed by atoms with Gasteiger partial charge in [-0.25, -0.2) is 4.79 Å². The monoisotopic (exact) mass is 225 g/mol. The van der Waals surface area contributed by atoms with Crippen LogP contribution in [0.1, 0.15) is 12.5 Å². The number of carbonyl (C=O) groups is 1. The van der Waals surface area contributed by atoms with Crippen LogP contribution < -0.4 is 5.56 Å². The molecule has 0 radical (unpaired) electrons. The Bertz CT molecular complexity index is 481. The van der Waals surface area contributed by atoms with Gasteiger partial charge in [0.1, 0.15) is 5.02 Å². The summed E-state index contributed by atoms with van der Waals surface area (Å²) in [6.45, 7) is 1.97. The average Bonchev–Trinajstić information content (AvgIpc) is 2.20. The SMILES string of the molecule is CCOC(=O)C#Cc1c[nH]c(=O)c(Cl)c1. The fourth-order valence-electron chi connectivity index (χ4n) is 0.819. The summed E-state index contributed by atoms with van der Waals surface area (Å²) in [4.78, 5) is 24.1. The molecule has 15 heavy (non-hydrogen) atoms. The third-order valence-corrected chi connectivity index (χ3v) is 1.72. The van der Waals surface area contributed by atoms with Gasteiger partial charge in [-0.15, -0.1) is 0 Å². The first-order chi connectivity index (χ1) is 7.13. The number of hydrogen-bond acceptors (Lipinski definition) is 3.